The summed E-state index contributed by atoms with van der Waals surface area (Å²) in [6.07, 6.45) is 1.07. The zero-order valence-electron chi connectivity index (χ0n) is 19.4. The fraction of sp³-hybridized carbons (Fsp3) is 0.333. The predicted octanol–water partition coefficient (Wildman–Crippen LogP) is 2.01. The van der Waals surface area contributed by atoms with Gasteiger partial charge in [-0.3, -0.25) is 14.5 Å². The number of pyridine rings is 1. The first-order chi connectivity index (χ1) is 16.4. The number of aromatic amines is 1. The van der Waals surface area contributed by atoms with Crippen molar-refractivity contribution in [2.45, 2.75) is 20.4 Å². The number of hydrogen-bond donors (Lipinski definition) is 2. The second-order valence-electron chi connectivity index (χ2n) is 8.59. The molecular formula is C24H26FN7O2. The van der Waals surface area contributed by atoms with E-state index in [4.69, 9.17) is 0 Å². The second kappa shape index (κ2) is 8.53. The minimum absolute atomic E-state index is 0.0658. The third-order valence-corrected chi connectivity index (χ3v) is 6.59. The molecule has 9 nitrogen and oxygen atoms in total. The van der Waals surface area contributed by atoms with Gasteiger partial charge in [0, 0.05) is 39.8 Å². The number of fused-ring (bicyclic) bond motifs is 3. The Balaban J connectivity index is 1.32. The number of aromatic nitrogens is 4. The molecule has 0 unspecified atom stereocenters. The number of nitrogens with one attached hydrogen (secondary N) is 2. The van der Waals surface area contributed by atoms with Gasteiger partial charge >= 0.3 is 0 Å². The van der Waals surface area contributed by atoms with Gasteiger partial charge in [-0.05, 0) is 43.2 Å². The van der Waals surface area contributed by atoms with Crippen LogP contribution in [0.5, 0.6) is 0 Å². The maximum Gasteiger partial charge on any atom is 0.277 e. The zero-order chi connectivity index (χ0) is 24.0. The van der Waals surface area contributed by atoms with Gasteiger partial charge in [0.05, 0.1) is 28.6 Å². The van der Waals surface area contributed by atoms with E-state index in [0.29, 0.717) is 16.7 Å². The van der Waals surface area contributed by atoms with Gasteiger partial charge in [-0.25, -0.2) is 13.9 Å². The highest BCUT2D eigenvalue weighted by Gasteiger charge is 2.21. The fourth-order valence-corrected chi connectivity index (χ4v) is 4.66. The van der Waals surface area contributed by atoms with E-state index in [0.717, 1.165) is 61.4 Å². The van der Waals surface area contributed by atoms with E-state index in [-0.39, 0.29) is 11.4 Å². The Morgan fingerprint density at radius 3 is 2.62 bits per heavy atom. The number of H-pyrrole nitrogens is 1. The van der Waals surface area contributed by atoms with Crippen molar-refractivity contribution in [1.82, 2.24) is 29.8 Å². The number of benzene rings is 1. The van der Waals surface area contributed by atoms with Gasteiger partial charge in [0.25, 0.3) is 11.5 Å². The molecule has 5 rings (SSSR count). The molecule has 0 aliphatic carbocycles. The highest BCUT2D eigenvalue weighted by molar-refractivity contribution is 5.92. The molecule has 2 N–H and O–H groups in total. The molecule has 0 atom stereocenters. The summed E-state index contributed by atoms with van der Waals surface area (Å²) in [4.78, 5) is 36.2. The fourth-order valence-electron chi connectivity index (χ4n) is 4.66. The third-order valence-electron chi connectivity index (χ3n) is 6.59. The van der Waals surface area contributed by atoms with Crippen LogP contribution in [0.15, 0.2) is 35.3 Å². The van der Waals surface area contributed by atoms with Crippen molar-refractivity contribution in [3.8, 4) is 0 Å². The number of hydrogen-bond acceptors (Lipinski definition) is 6. The van der Waals surface area contributed by atoms with E-state index >= 15 is 0 Å². The van der Waals surface area contributed by atoms with Gasteiger partial charge in [0.15, 0.2) is 11.3 Å². The van der Waals surface area contributed by atoms with E-state index in [2.05, 4.69) is 30.2 Å². The molecule has 1 fully saturated rings. The zero-order valence-corrected chi connectivity index (χ0v) is 19.4. The summed E-state index contributed by atoms with van der Waals surface area (Å²) < 4.78 is 15.3. The van der Waals surface area contributed by atoms with Crippen molar-refractivity contribution in [3.05, 3.63) is 69.1 Å². The Labute approximate surface area is 195 Å². The number of rotatable bonds is 4. The van der Waals surface area contributed by atoms with Crippen LogP contribution in [0.2, 0.25) is 0 Å². The first kappa shape index (κ1) is 22.0. The molecule has 1 amide bonds. The van der Waals surface area contributed by atoms with Crippen LogP contribution < -0.4 is 15.8 Å². The lowest BCUT2D eigenvalue weighted by Gasteiger charge is -2.36. The van der Waals surface area contributed by atoms with Crippen LogP contribution in [0.1, 0.15) is 27.3 Å². The monoisotopic (exact) mass is 463 g/mol. The van der Waals surface area contributed by atoms with Crippen LogP contribution in [0.3, 0.4) is 0 Å². The van der Waals surface area contributed by atoms with E-state index in [9.17, 15) is 14.0 Å². The van der Waals surface area contributed by atoms with Crippen LogP contribution in [0.4, 0.5) is 10.1 Å². The number of piperazine rings is 1. The van der Waals surface area contributed by atoms with Crippen molar-refractivity contribution >= 4 is 28.1 Å². The van der Waals surface area contributed by atoms with Gasteiger partial charge in [0.2, 0.25) is 0 Å². The Morgan fingerprint density at radius 1 is 1.15 bits per heavy atom. The molecule has 1 aliphatic heterocycles. The molecule has 1 aliphatic rings. The molecule has 0 radical (unpaired) electrons. The van der Waals surface area contributed by atoms with E-state index in [1.807, 2.05) is 32.0 Å². The molecule has 176 valence electrons. The predicted molar refractivity (Wildman–Crippen MR) is 128 cm³/mol. The summed E-state index contributed by atoms with van der Waals surface area (Å²) in [5, 5.41) is 6.64. The number of anilines is 1. The molecule has 0 bridgehead atoms. The maximum atomic E-state index is 13.9. The number of halogens is 1. The molecule has 0 spiro atoms. The van der Waals surface area contributed by atoms with Gasteiger partial charge in [0.1, 0.15) is 5.69 Å². The first-order valence-electron chi connectivity index (χ1n) is 11.2. The number of nitrogens with zero attached hydrogens (tertiary/aromatic N) is 5. The van der Waals surface area contributed by atoms with Crippen molar-refractivity contribution in [2.75, 3.05) is 38.1 Å². The highest BCUT2D eigenvalue weighted by Crippen LogP contribution is 2.24. The summed E-state index contributed by atoms with van der Waals surface area (Å²) in [6.45, 7) is 8.07. The molecule has 1 saturated heterocycles. The van der Waals surface area contributed by atoms with Gasteiger partial charge in [-0.1, -0.05) is 6.07 Å². The molecule has 10 heteroatoms. The van der Waals surface area contributed by atoms with E-state index in [1.165, 1.54) is 4.52 Å². The average molecular weight is 464 g/mol. The van der Waals surface area contributed by atoms with Crippen LogP contribution in [-0.4, -0.2) is 63.6 Å². The molecule has 34 heavy (non-hydrogen) atoms. The molecule has 4 heterocycles. The standard InChI is InChI=1S/C24H26FN7O2/c1-14-16(4-6-20-21(14)29-24(34)22-17(25)12-27-32(20)22)13-30-8-10-31(11-9-30)19-7-5-18(23(33)26-3)28-15(19)2/h4-7,12H,8-11,13H2,1-3H3,(H,26,33)(H,29,34). The lowest BCUT2D eigenvalue weighted by Crippen LogP contribution is -2.46. The van der Waals surface area contributed by atoms with Crippen molar-refractivity contribution in [1.29, 1.82) is 0 Å². The molecule has 0 saturated carbocycles. The number of aryl methyl sites for hydroxylation is 2. The highest BCUT2D eigenvalue weighted by atomic mass is 19.1. The lowest BCUT2D eigenvalue weighted by atomic mass is 10.1. The Bertz CT molecular complexity index is 1470. The number of carbonyl (C=O) groups is 1. The summed E-state index contributed by atoms with van der Waals surface area (Å²) in [5.74, 6) is -0.818. The molecular weight excluding hydrogens is 437 g/mol. The molecule has 1 aromatic carbocycles. The van der Waals surface area contributed by atoms with Crippen molar-refractivity contribution < 1.29 is 9.18 Å². The largest absolute Gasteiger partial charge is 0.368 e. The van der Waals surface area contributed by atoms with E-state index in [1.54, 1.807) is 13.1 Å². The Hall–Kier alpha value is -3.79. The van der Waals surface area contributed by atoms with Crippen LogP contribution in [0, 0.1) is 19.7 Å². The van der Waals surface area contributed by atoms with Crippen molar-refractivity contribution in [2.24, 2.45) is 0 Å². The Kier molecular flexibility index (Phi) is 5.52. The summed E-state index contributed by atoms with van der Waals surface area (Å²) in [5.41, 5.74) is 5.17. The van der Waals surface area contributed by atoms with Crippen LogP contribution in [-0.2, 0) is 6.54 Å². The number of carbonyl (C=O) groups excluding carboxylic acids is 1. The lowest BCUT2D eigenvalue weighted by molar-refractivity contribution is 0.0958. The smallest absolute Gasteiger partial charge is 0.277 e. The topological polar surface area (TPSA) is 98.6 Å². The summed E-state index contributed by atoms with van der Waals surface area (Å²) in [6, 6.07) is 7.62. The van der Waals surface area contributed by atoms with Crippen molar-refractivity contribution in [3.63, 3.8) is 0 Å². The quantitative estimate of drug-likeness (QED) is 0.481. The minimum atomic E-state index is -0.628. The summed E-state index contributed by atoms with van der Waals surface area (Å²) in [7, 11) is 1.60. The van der Waals surface area contributed by atoms with Gasteiger partial charge in [-0.2, -0.15) is 5.10 Å². The third kappa shape index (κ3) is 3.69. The van der Waals surface area contributed by atoms with E-state index < -0.39 is 11.4 Å². The first-order valence-corrected chi connectivity index (χ1v) is 11.2. The van der Waals surface area contributed by atoms with Crippen LogP contribution >= 0.6 is 0 Å². The Morgan fingerprint density at radius 2 is 1.91 bits per heavy atom. The summed E-state index contributed by atoms with van der Waals surface area (Å²) >= 11 is 0. The number of amides is 1. The van der Waals surface area contributed by atoms with Gasteiger partial charge < -0.3 is 15.2 Å². The SMILES string of the molecule is CNC(=O)c1ccc(N2CCN(Cc3ccc4c([nH]c(=O)c5c(F)cnn54)c3C)CC2)c(C)n1. The molecule has 3 aromatic heterocycles. The second-order valence-corrected chi connectivity index (χ2v) is 8.59. The van der Waals surface area contributed by atoms with Gasteiger partial charge in [-0.15, -0.1) is 0 Å². The molecule has 4 aromatic rings. The normalized spacial score (nSPS) is 14.8. The maximum absolute atomic E-state index is 13.9. The average Bonchev–Trinajstić information content (AvgIpc) is 3.23. The minimum Gasteiger partial charge on any atom is -0.368 e. The van der Waals surface area contributed by atoms with Crippen LogP contribution in [0.25, 0.3) is 16.6 Å².